The number of benzene rings is 2. The number of hydrogen-bond acceptors (Lipinski definition) is 4. The molecule has 1 N–H and O–H groups in total. The van der Waals surface area contributed by atoms with Gasteiger partial charge in [0.2, 0.25) is 15.9 Å². The molecule has 0 fully saturated rings. The molecule has 0 aromatic heterocycles. The van der Waals surface area contributed by atoms with E-state index < -0.39 is 10.0 Å². The van der Waals surface area contributed by atoms with Gasteiger partial charge in [0.05, 0.1) is 12.0 Å². The number of sulfonamides is 1. The summed E-state index contributed by atoms with van der Waals surface area (Å²) in [6, 6.07) is 10.6. The van der Waals surface area contributed by atoms with Crippen molar-refractivity contribution in [2.24, 2.45) is 0 Å². The number of rotatable bonds is 5. The summed E-state index contributed by atoms with van der Waals surface area (Å²) in [5, 5.41) is 0. The lowest BCUT2D eigenvalue weighted by molar-refractivity contribution is -0.118. The first-order chi connectivity index (χ1) is 13.9. The predicted octanol–water partition coefficient (Wildman–Crippen LogP) is 3.35. The Hall–Kier alpha value is -2.38. The molecule has 1 aliphatic heterocycles. The average molecular weight is 415 g/mol. The van der Waals surface area contributed by atoms with Crippen LogP contribution in [-0.4, -0.2) is 28.0 Å². The third-order valence-electron chi connectivity index (χ3n) is 5.82. The van der Waals surface area contributed by atoms with Crippen LogP contribution in [0.15, 0.2) is 41.3 Å². The number of ether oxygens (including phenoxy) is 1. The molecule has 1 heterocycles. The molecule has 0 spiro atoms. The fraction of sp³-hybridized carbons (Fsp3) is 0.409. The van der Waals surface area contributed by atoms with Crippen LogP contribution in [0.3, 0.4) is 0 Å². The van der Waals surface area contributed by atoms with Crippen molar-refractivity contribution in [3.05, 3.63) is 53.1 Å². The van der Waals surface area contributed by atoms with Crippen molar-refractivity contribution in [2.75, 3.05) is 18.6 Å². The minimum atomic E-state index is -3.67. The lowest BCUT2D eigenvalue weighted by Crippen LogP contribution is -2.31. The largest absolute Gasteiger partial charge is 0.497 e. The van der Waals surface area contributed by atoms with E-state index in [-0.39, 0.29) is 16.8 Å². The fourth-order valence-electron chi connectivity index (χ4n) is 4.29. The van der Waals surface area contributed by atoms with Crippen molar-refractivity contribution in [2.45, 2.75) is 50.0 Å². The molecule has 1 aliphatic carbocycles. The number of methoxy groups -OCH3 is 1. The highest BCUT2D eigenvalue weighted by Crippen LogP contribution is 2.34. The van der Waals surface area contributed by atoms with Gasteiger partial charge < -0.3 is 9.64 Å². The molecule has 2 aromatic rings. The molecule has 1 atom stereocenters. The molecule has 0 bridgehead atoms. The van der Waals surface area contributed by atoms with Gasteiger partial charge in [-0.15, -0.1) is 0 Å². The molecule has 2 aromatic carbocycles. The van der Waals surface area contributed by atoms with Gasteiger partial charge in [-0.05, 0) is 72.7 Å². The van der Waals surface area contributed by atoms with Gasteiger partial charge in [-0.25, -0.2) is 13.1 Å². The topological polar surface area (TPSA) is 75.7 Å². The molecule has 0 radical (unpaired) electrons. The maximum atomic E-state index is 13.1. The molecule has 0 saturated heterocycles. The summed E-state index contributed by atoms with van der Waals surface area (Å²) in [6.45, 7) is 2.44. The van der Waals surface area contributed by atoms with E-state index in [0.29, 0.717) is 19.4 Å². The van der Waals surface area contributed by atoms with E-state index in [9.17, 15) is 13.2 Å². The van der Waals surface area contributed by atoms with Crippen molar-refractivity contribution in [1.29, 1.82) is 0 Å². The predicted molar refractivity (Wildman–Crippen MR) is 112 cm³/mol. The molecule has 7 heteroatoms. The molecule has 4 rings (SSSR count). The van der Waals surface area contributed by atoms with E-state index >= 15 is 0 Å². The number of amides is 1. The number of carbonyl (C=O) groups excluding carboxylic acids is 1. The molecule has 1 amide bonds. The zero-order valence-electron chi connectivity index (χ0n) is 16.8. The molecule has 29 heavy (non-hydrogen) atoms. The summed E-state index contributed by atoms with van der Waals surface area (Å²) in [5.41, 5.74) is 3.88. The maximum absolute atomic E-state index is 13.1. The summed E-state index contributed by atoms with van der Waals surface area (Å²) in [5.74, 6) is 0.851. The van der Waals surface area contributed by atoms with Crippen molar-refractivity contribution in [1.82, 2.24) is 4.72 Å². The van der Waals surface area contributed by atoms with Crippen LogP contribution in [0.2, 0.25) is 0 Å². The summed E-state index contributed by atoms with van der Waals surface area (Å²) < 4.78 is 34.4. The molecule has 0 saturated carbocycles. The van der Waals surface area contributed by atoms with Crippen molar-refractivity contribution in [3.8, 4) is 5.75 Å². The van der Waals surface area contributed by atoms with E-state index in [1.54, 1.807) is 30.2 Å². The molecule has 0 unspecified atom stereocenters. The Morgan fingerprint density at radius 1 is 1.17 bits per heavy atom. The number of nitrogens with one attached hydrogen (secondary N) is 1. The average Bonchev–Trinajstić information content (AvgIpc) is 3.16. The SMILES string of the molecule is CCC(=O)N1CCc2cc(S(=O)(=O)N[C@H]3CCCc4cc(OC)ccc43)ccc21. The van der Waals surface area contributed by atoms with Crippen LogP contribution in [0, 0.1) is 0 Å². The monoisotopic (exact) mass is 414 g/mol. The zero-order chi connectivity index (χ0) is 20.6. The first-order valence-electron chi connectivity index (χ1n) is 10.1. The molecule has 2 aliphatic rings. The highest BCUT2D eigenvalue weighted by Gasteiger charge is 2.29. The number of anilines is 1. The van der Waals surface area contributed by atoms with Crippen LogP contribution in [0.5, 0.6) is 5.75 Å². The highest BCUT2D eigenvalue weighted by molar-refractivity contribution is 7.89. The number of carbonyl (C=O) groups is 1. The minimum Gasteiger partial charge on any atom is -0.497 e. The third kappa shape index (κ3) is 3.76. The Bertz CT molecular complexity index is 1050. The summed E-state index contributed by atoms with van der Waals surface area (Å²) in [4.78, 5) is 14.1. The van der Waals surface area contributed by atoms with Gasteiger partial charge in [-0.1, -0.05) is 13.0 Å². The number of hydrogen-bond donors (Lipinski definition) is 1. The summed E-state index contributed by atoms with van der Waals surface area (Å²) in [7, 11) is -2.04. The van der Waals surface area contributed by atoms with E-state index in [2.05, 4.69) is 4.72 Å². The zero-order valence-corrected chi connectivity index (χ0v) is 17.6. The smallest absolute Gasteiger partial charge is 0.241 e. The first-order valence-corrected chi connectivity index (χ1v) is 11.5. The summed E-state index contributed by atoms with van der Waals surface area (Å²) in [6.07, 6.45) is 3.72. The van der Waals surface area contributed by atoms with Gasteiger partial charge >= 0.3 is 0 Å². The van der Waals surface area contributed by atoms with Crippen LogP contribution < -0.4 is 14.4 Å². The van der Waals surface area contributed by atoms with Gasteiger partial charge in [-0.3, -0.25) is 4.79 Å². The first kappa shape index (κ1) is 19.9. The molecule has 154 valence electrons. The van der Waals surface area contributed by atoms with E-state index in [1.807, 2.05) is 25.1 Å². The summed E-state index contributed by atoms with van der Waals surface area (Å²) >= 11 is 0. The Morgan fingerprint density at radius 2 is 2.00 bits per heavy atom. The number of aryl methyl sites for hydroxylation is 1. The maximum Gasteiger partial charge on any atom is 0.241 e. The van der Waals surface area contributed by atoms with Crippen LogP contribution >= 0.6 is 0 Å². The second kappa shape index (κ2) is 7.80. The van der Waals surface area contributed by atoms with Crippen molar-refractivity contribution in [3.63, 3.8) is 0 Å². The van der Waals surface area contributed by atoms with Crippen LogP contribution in [0.1, 0.15) is 48.9 Å². The van der Waals surface area contributed by atoms with Crippen LogP contribution in [-0.2, 0) is 27.7 Å². The van der Waals surface area contributed by atoms with Crippen molar-refractivity contribution < 1.29 is 17.9 Å². The molecule has 6 nitrogen and oxygen atoms in total. The molecular weight excluding hydrogens is 388 g/mol. The Morgan fingerprint density at radius 3 is 2.76 bits per heavy atom. The second-order valence-corrected chi connectivity index (χ2v) is 9.28. The second-order valence-electron chi connectivity index (χ2n) is 7.57. The fourth-order valence-corrected chi connectivity index (χ4v) is 5.59. The van der Waals surface area contributed by atoms with E-state index in [4.69, 9.17) is 4.74 Å². The van der Waals surface area contributed by atoms with Gasteiger partial charge in [0.1, 0.15) is 5.75 Å². The van der Waals surface area contributed by atoms with E-state index in [1.165, 1.54) is 0 Å². The Kier molecular flexibility index (Phi) is 5.36. The lowest BCUT2D eigenvalue weighted by atomic mass is 9.88. The third-order valence-corrected chi connectivity index (χ3v) is 7.29. The van der Waals surface area contributed by atoms with Crippen LogP contribution in [0.4, 0.5) is 5.69 Å². The van der Waals surface area contributed by atoms with Gasteiger partial charge in [0, 0.05) is 24.7 Å². The standard InChI is InChI=1S/C22H26N2O4S/c1-3-22(25)24-12-11-16-14-18(8-10-21(16)24)29(26,27)23-20-6-4-5-15-13-17(28-2)7-9-19(15)20/h7-10,13-14,20,23H,3-6,11-12H2,1-2H3/t20-/m0/s1. The van der Waals surface area contributed by atoms with Gasteiger partial charge in [0.15, 0.2) is 0 Å². The number of fused-ring (bicyclic) bond motifs is 2. The quantitative estimate of drug-likeness (QED) is 0.814. The number of nitrogens with zero attached hydrogens (tertiary/aromatic N) is 1. The Labute approximate surface area is 171 Å². The van der Waals surface area contributed by atoms with Crippen LogP contribution in [0.25, 0.3) is 0 Å². The highest BCUT2D eigenvalue weighted by atomic mass is 32.2. The minimum absolute atomic E-state index is 0.0618. The lowest BCUT2D eigenvalue weighted by Gasteiger charge is -2.26. The Balaban J connectivity index is 1.59. The normalized spacial score (nSPS) is 18.3. The van der Waals surface area contributed by atoms with Gasteiger partial charge in [-0.2, -0.15) is 0 Å². The van der Waals surface area contributed by atoms with E-state index in [0.717, 1.165) is 47.4 Å². The van der Waals surface area contributed by atoms with Gasteiger partial charge in [0.25, 0.3) is 0 Å². The molecular formula is C22H26N2O4S. The van der Waals surface area contributed by atoms with Crippen molar-refractivity contribution >= 4 is 21.6 Å².